The second-order valence-corrected chi connectivity index (χ2v) is 5.35. The molecular weight excluding hydrogens is 266 g/mol. The van der Waals surface area contributed by atoms with Crippen molar-refractivity contribution in [1.29, 1.82) is 0 Å². The van der Waals surface area contributed by atoms with Gasteiger partial charge >= 0.3 is 0 Å². The number of hydrogen-bond donors (Lipinski definition) is 1. The molecule has 1 aliphatic rings. The van der Waals surface area contributed by atoms with E-state index in [0.29, 0.717) is 13.0 Å². The Hall–Kier alpha value is -1.59. The van der Waals surface area contributed by atoms with E-state index in [4.69, 9.17) is 10.5 Å². The Kier molecular flexibility index (Phi) is 6.02. The van der Waals surface area contributed by atoms with Crippen LogP contribution in [-0.2, 0) is 11.2 Å². The molecule has 0 radical (unpaired) electrons. The van der Waals surface area contributed by atoms with Crippen molar-refractivity contribution in [2.45, 2.75) is 12.8 Å². The highest BCUT2D eigenvalue weighted by Gasteiger charge is 2.19. The summed E-state index contributed by atoms with van der Waals surface area (Å²) in [6.45, 7) is 5.14. The highest BCUT2D eigenvalue weighted by atomic mass is 16.5. The van der Waals surface area contributed by atoms with Crippen LogP contribution in [0.2, 0.25) is 0 Å². The van der Waals surface area contributed by atoms with E-state index >= 15 is 0 Å². The molecule has 2 rings (SSSR count). The SMILES string of the molecule is COc1ccccc1CC(=O)N1CCCN(CCN)CC1. The number of carbonyl (C=O) groups excluding carboxylic acids is 1. The van der Waals surface area contributed by atoms with Crippen molar-refractivity contribution < 1.29 is 9.53 Å². The number of nitrogens with two attached hydrogens (primary N) is 1. The lowest BCUT2D eigenvalue weighted by atomic mass is 10.1. The Morgan fingerprint density at radius 2 is 2.05 bits per heavy atom. The van der Waals surface area contributed by atoms with E-state index in [1.54, 1.807) is 7.11 Å². The maximum Gasteiger partial charge on any atom is 0.227 e. The van der Waals surface area contributed by atoms with Crippen molar-refractivity contribution in [3.05, 3.63) is 29.8 Å². The first-order valence-corrected chi connectivity index (χ1v) is 7.56. The number of ether oxygens (including phenoxy) is 1. The summed E-state index contributed by atoms with van der Waals surface area (Å²) in [5.74, 6) is 0.958. The Morgan fingerprint density at radius 3 is 2.81 bits per heavy atom. The van der Waals surface area contributed by atoms with Gasteiger partial charge in [-0.15, -0.1) is 0 Å². The molecule has 0 atom stereocenters. The van der Waals surface area contributed by atoms with Crippen LogP contribution in [0.15, 0.2) is 24.3 Å². The summed E-state index contributed by atoms with van der Waals surface area (Å²) >= 11 is 0. The van der Waals surface area contributed by atoms with Gasteiger partial charge in [-0.2, -0.15) is 0 Å². The molecule has 1 aliphatic heterocycles. The van der Waals surface area contributed by atoms with Gasteiger partial charge in [0.25, 0.3) is 0 Å². The van der Waals surface area contributed by atoms with E-state index in [-0.39, 0.29) is 5.91 Å². The van der Waals surface area contributed by atoms with Crippen LogP contribution in [0.4, 0.5) is 0 Å². The molecule has 1 aromatic carbocycles. The third-order valence-corrected chi connectivity index (χ3v) is 3.92. The molecule has 5 heteroatoms. The molecule has 21 heavy (non-hydrogen) atoms. The standard InChI is InChI=1S/C16H25N3O2/c1-21-15-6-3-2-5-14(15)13-16(20)19-9-4-8-18(10-7-17)11-12-19/h2-3,5-6H,4,7-13,17H2,1H3. The van der Waals surface area contributed by atoms with E-state index in [1.165, 1.54) is 0 Å². The van der Waals surface area contributed by atoms with E-state index in [0.717, 1.165) is 50.5 Å². The summed E-state index contributed by atoms with van der Waals surface area (Å²) in [5, 5.41) is 0. The van der Waals surface area contributed by atoms with Gasteiger partial charge in [0.05, 0.1) is 13.5 Å². The summed E-state index contributed by atoms with van der Waals surface area (Å²) < 4.78 is 5.31. The van der Waals surface area contributed by atoms with E-state index in [2.05, 4.69) is 4.90 Å². The summed E-state index contributed by atoms with van der Waals surface area (Å²) in [6, 6.07) is 7.71. The van der Waals surface area contributed by atoms with Crippen LogP contribution in [-0.4, -0.2) is 62.1 Å². The summed E-state index contributed by atoms with van der Waals surface area (Å²) in [4.78, 5) is 16.8. The van der Waals surface area contributed by atoms with E-state index < -0.39 is 0 Å². The maximum atomic E-state index is 12.5. The highest BCUT2D eigenvalue weighted by Crippen LogP contribution is 2.18. The molecule has 1 saturated heterocycles. The van der Waals surface area contributed by atoms with Crippen molar-refractivity contribution in [2.24, 2.45) is 5.73 Å². The zero-order valence-corrected chi connectivity index (χ0v) is 12.8. The fourth-order valence-corrected chi connectivity index (χ4v) is 2.75. The minimum Gasteiger partial charge on any atom is -0.496 e. The lowest BCUT2D eigenvalue weighted by Crippen LogP contribution is -2.37. The van der Waals surface area contributed by atoms with Gasteiger partial charge in [0.15, 0.2) is 0 Å². The van der Waals surface area contributed by atoms with Gasteiger partial charge in [0, 0.05) is 38.3 Å². The molecule has 0 spiro atoms. The van der Waals surface area contributed by atoms with Crippen molar-refractivity contribution in [2.75, 3.05) is 46.4 Å². The van der Waals surface area contributed by atoms with Crippen LogP contribution in [0.1, 0.15) is 12.0 Å². The number of carbonyl (C=O) groups is 1. The van der Waals surface area contributed by atoms with Crippen molar-refractivity contribution in [3.8, 4) is 5.75 Å². The van der Waals surface area contributed by atoms with Crippen LogP contribution in [0.5, 0.6) is 5.75 Å². The quantitative estimate of drug-likeness (QED) is 0.869. The van der Waals surface area contributed by atoms with Crippen LogP contribution in [0.3, 0.4) is 0 Å². The van der Waals surface area contributed by atoms with Crippen LogP contribution in [0, 0.1) is 0 Å². The van der Waals surface area contributed by atoms with Gasteiger partial charge in [-0.3, -0.25) is 4.79 Å². The monoisotopic (exact) mass is 291 g/mol. The minimum absolute atomic E-state index is 0.175. The lowest BCUT2D eigenvalue weighted by molar-refractivity contribution is -0.130. The van der Waals surface area contributed by atoms with E-state index in [9.17, 15) is 4.79 Å². The molecule has 0 unspecified atom stereocenters. The zero-order chi connectivity index (χ0) is 15.1. The molecule has 5 nitrogen and oxygen atoms in total. The Morgan fingerprint density at radius 1 is 1.24 bits per heavy atom. The van der Waals surface area contributed by atoms with Gasteiger partial charge < -0.3 is 20.3 Å². The van der Waals surface area contributed by atoms with Crippen LogP contribution >= 0.6 is 0 Å². The molecule has 116 valence electrons. The largest absolute Gasteiger partial charge is 0.496 e. The first-order valence-electron chi connectivity index (χ1n) is 7.56. The number of rotatable bonds is 5. The van der Waals surface area contributed by atoms with Crippen LogP contribution < -0.4 is 10.5 Å². The van der Waals surface area contributed by atoms with Gasteiger partial charge in [-0.05, 0) is 19.0 Å². The number of nitrogens with zero attached hydrogens (tertiary/aromatic N) is 2. The number of para-hydroxylation sites is 1. The lowest BCUT2D eigenvalue weighted by Gasteiger charge is -2.22. The first kappa shape index (κ1) is 15.8. The number of amides is 1. The summed E-state index contributed by atoms with van der Waals surface area (Å²) in [5.41, 5.74) is 6.55. The molecule has 0 bridgehead atoms. The summed E-state index contributed by atoms with van der Waals surface area (Å²) in [7, 11) is 1.64. The minimum atomic E-state index is 0.175. The number of benzene rings is 1. The van der Waals surface area contributed by atoms with Crippen molar-refractivity contribution in [3.63, 3.8) is 0 Å². The van der Waals surface area contributed by atoms with Crippen molar-refractivity contribution >= 4 is 5.91 Å². The van der Waals surface area contributed by atoms with Crippen molar-refractivity contribution in [1.82, 2.24) is 9.80 Å². The van der Waals surface area contributed by atoms with E-state index in [1.807, 2.05) is 29.2 Å². The van der Waals surface area contributed by atoms with Crippen LogP contribution in [0.25, 0.3) is 0 Å². The molecule has 0 aliphatic carbocycles. The molecule has 1 heterocycles. The molecular formula is C16H25N3O2. The highest BCUT2D eigenvalue weighted by molar-refractivity contribution is 5.79. The molecule has 0 saturated carbocycles. The molecule has 1 fully saturated rings. The predicted molar refractivity (Wildman–Crippen MR) is 83.4 cm³/mol. The average Bonchev–Trinajstić information content (AvgIpc) is 2.74. The molecule has 2 N–H and O–H groups in total. The molecule has 1 amide bonds. The third kappa shape index (κ3) is 4.44. The molecule has 0 aromatic heterocycles. The zero-order valence-electron chi connectivity index (χ0n) is 12.8. The smallest absolute Gasteiger partial charge is 0.227 e. The summed E-state index contributed by atoms with van der Waals surface area (Å²) in [6.07, 6.45) is 1.42. The second kappa shape index (κ2) is 8.00. The predicted octanol–water partition coefficient (Wildman–Crippen LogP) is 0.731. The third-order valence-electron chi connectivity index (χ3n) is 3.92. The second-order valence-electron chi connectivity index (χ2n) is 5.35. The topological polar surface area (TPSA) is 58.8 Å². The Labute approximate surface area is 126 Å². The normalized spacial score (nSPS) is 16.6. The molecule has 1 aromatic rings. The number of methoxy groups -OCH3 is 1. The van der Waals surface area contributed by atoms with Gasteiger partial charge in [0.2, 0.25) is 5.91 Å². The fourth-order valence-electron chi connectivity index (χ4n) is 2.75. The number of hydrogen-bond acceptors (Lipinski definition) is 4. The van der Waals surface area contributed by atoms with Gasteiger partial charge in [-0.1, -0.05) is 18.2 Å². The fraction of sp³-hybridized carbons (Fsp3) is 0.562. The average molecular weight is 291 g/mol. The maximum absolute atomic E-state index is 12.5. The Balaban J connectivity index is 1.94. The van der Waals surface area contributed by atoms with Gasteiger partial charge in [0.1, 0.15) is 5.75 Å². The first-order chi connectivity index (χ1) is 10.2. The van der Waals surface area contributed by atoms with Gasteiger partial charge in [-0.25, -0.2) is 0 Å². The Bertz CT molecular complexity index is 465.